The average Bonchev–Trinajstić information content (AvgIpc) is 2.47. The zero-order chi connectivity index (χ0) is 13.9. The van der Waals surface area contributed by atoms with Crippen molar-refractivity contribution in [3.63, 3.8) is 0 Å². The minimum Gasteiger partial charge on any atom is -0.343 e. The van der Waals surface area contributed by atoms with Crippen molar-refractivity contribution in [2.75, 3.05) is 20.0 Å². The molecule has 19 heavy (non-hydrogen) atoms. The Morgan fingerprint density at radius 3 is 2.37 bits per heavy atom. The van der Waals surface area contributed by atoms with Gasteiger partial charge >= 0.3 is 0 Å². The Morgan fingerprint density at radius 2 is 1.79 bits per heavy atom. The van der Waals surface area contributed by atoms with Crippen LogP contribution in [0.2, 0.25) is 0 Å². The lowest BCUT2D eigenvalue weighted by molar-refractivity contribution is -0.196. The monoisotopic (exact) mass is 278 g/mol. The zero-order valence-electron chi connectivity index (χ0n) is 11.4. The van der Waals surface area contributed by atoms with Gasteiger partial charge in [0.15, 0.2) is 0 Å². The van der Waals surface area contributed by atoms with Crippen LogP contribution in [-0.2, 0) is 14.3 Å². The van der Waals surface area contributed by atoms with Crippen LogP contribution in [0.25, 0.3) is 0 Å². The third-order valence-electron chi connectivity index (χ3n) is 3.43. The van der Waals surface area contributed by atoms with Crippen LogP contribution in [0.15, 0.2) is 46.4 Å². The summed E-state index contributed by atoms with van der Waals surface area (Å²) in [5, 5.41) is 0. The second-order valence-corrected chi connectivity index (χ2v) is 5.54. The first-order valence-electron chi connectivity index (χ1n) is 6.19. The van der Waals surface area contributed by atoms with Gasteiger partial charge in [-0.15, -0.1) is 11.8 Å². The highest BCUT2D eigenvalue weighted by Crippen LogP contribution is 2.41. The molecule has 3 nitrogen and oxygen atoms in total. The molecule has 1 aromatic carbocycles. The number of carbonyl (C=O) groups is 1. The fourth-order valence-corrected chi connectivity index (χ4v) is 3.25. The van der Waals surface area contributed by atoms with E-state index in [2.05, 4.69) is 12.1 Å². The Hall–Kier alpha value is -1.10. The number of methoxy groups -OCH3 is 2. The number of ketones is 1. The van der Waals surface area contributed by atoms with Gasteiger partial charge in [-0.25, -0.2) is 0 Å². The predicted octanol–water partition coefficient (Wildman–Crippen LogP) is 3.06. The second-order valence-electron chi connectivity index (χ2n) is 4.37. The Balaban J connectivity index is 1.98. The van der Waals surface area contributed by atoms with Gasteiger partial charge in [-0.1, -0.05) is 18.2 Å². The van der Waals surface area contributed by atoms with E-state index in [9.17, 15) is 4.79 Å². The predicted molar refractivity (Wildman–Crippen MR) is 76.2 cm³/mol. The van der Waals surface area contributed by atoms with Crippen molar-refractivity contribution in [2.24, 2.45) is 0 Å². The summed E-state index contributed by atoms with van der Waals surface area (Å²) in [5.41, 5.74) is 1.74. The van der Waals surface area contributed by atoms with Crippen LogP contribution in [0.3, 0.4) is 0 Å². The van der Waals surface area contributed by atoms with Crippen molar-refractivity contribution < 1.29 is 14.3 Å². The van der Waals surface area contributed by atoms with Crippen molar-refractivity contribution in [1.29, 1.82) is 0 Å². The largest absolute Gasteiger partial charge is 0.343 e. The van der Waals surface area contributed by atoms with Crippen molar-refractivity contribution in [1.82, 2.24) is 0 Å². The standard InChI is InChI=1S/C15H18O3S/c1-11-13(15(17-2,18-3)14(11)16)9-10-19-12-7-5-4-6-8-12/h4-8H,9-10H2,1-3H3. The van der Waals surface area contributed by atoms with Crippen LogP contribution < -0.4 is 0 Å². The van der Waals surface area contributed by atoms with Crippen molar-refractivity contribution in [3.05, 3.63) is 41.5 Å². The van der Waals surface area contributed by atoms with Crippen LogP contribution in [-0.4, -0.2) is 31.5 Å². The molecular formula is C15H18O3S. The lowest BCUT2D eigenvalue weighted by Gasteiger charge is -2.40. The van der Waals surface area contributed by atoms with Gasteiger partial charge in [0.25, 0.3) is 5.79 Å². The fourth-order valence-electron chi connectivity index (χ4n) is 2.36. The molecule has 0 fully saturated rings. The van der Waals surface area contributed by atoms with Gasteiger partial charge in [-0.3, -0.25) is 4.79 Å². The Morgan fingerprint density at radius 1 is 1.16 bits per heavy atom. The van der Waals surface area contributed by atoms with Gasteiger partial charge in [0.05, 0.1) is 0 Å². The Bertz CT molecular complexity index is 489. The number of benzene rings is 1. The maximum absolute atomic E-state index is 11.9. The number of ether oxygens (including phenoxy) is 2. The SMILES string of the molecule is COC1(OC)C(=O)C(C)=C1CCSc1ccccc1. The van der Waals surface area contributed by atoms with Gasteiger partial charge in [0, 0.05) is 36.0 Å². The summed E-state index contributed by atoms with van der Waals surface area (Å²) >= 11 is 1.77. The molecule has 0 N–H and O–H groups in total. The molecule has 0 aliphatic heterocycles. The van der Waals surface area contributed by atoms with Crippen LogP contribution in [0.1, 0.15) is 13.3 Å². The molecule has 0 saturated heterocycles. The van der Waals surface area contributed by atoms with Crippen molar-refractivity contribution in [2.45, 2.75) is 24.0 Å². The number of rotatable bonds is 6. The Labute approximate surface area is 118 Å². The van der Waals surface area contributed by atoms with E-state index in [1.807, 2.05) is 25.1 Å². The fraction of sp³-hybridized carbons (Fsp3) is 0.400. The summed E-state index contributed by atoms with van der Waals surface area (Å²) in [6, 6.07) is 10.2. The maximum Gasteiger partial charge on any atom is 0.256 e. The van der Waals surface area contributed by atoms with E-state index in [1.165, 1.54) is 19.1 Å². The van der Waals surface area contributed by atoms with E-state index in [0.717, 1.165) is 23.3 Å². The quantitative estimate of drug-likeness (QED) is 0.592. The number of hydrogen-bond acceptors (Lipinski definition) is 4. The molecule has 0 atom stereocenters. The molecular weight excluding hydrogens is 260 g/mol. The zero-order valence-corrected chi connectivity index (χ0v) is 12.3. The molecule has 1 aromatic rings. The summed E-state index contributed by atoms with van der Waals surface area (Å²) in [5.74, 6) is -0.281. The summed E-state index contributed by atoms with van der Waals surface area (Å²) in [4.78, 5) is 13.1. The molecule has 1 aliphatic rings. The first-order valence-corrected chi connectivity index (χ1v) is 7.17. The lowest BCUT2D eigenvalue weighted by atomic mass is 9.79. The molecule has 0 aromatic heterocycles. The molecule has 0 bridgehead atoms. The van der Waals surface area contributed by atoms with Crippen LogP contribution >= 0.6 is 11.8 Å². The first kappa shape index (κ1) is 14.3. The number of carbonyl (C=O) groups excluding carboxylic acids is 1. The van der Waals surface area contributed by atoms with Crippen LogP contribution in [0.4, 0.5) is 0 Å². The molecule has 1 aliphatic carbocycles. The molecule has 0 saturated carbocycles. The van der Waals surface area contributed by atoms with Crippen LogP contribution in [0, 0.1) is 0 Å². The second kappa shape index (κ2) is 5.90. The van der Waals surface area contributed by atoms with E-state index < -0.39 is 5.79 Å². The molecule has 0 amide bonds. The number of hydrogen-bond donors (Lipinski definition) is 0. The Kier molecular flexibility index (Phi) is 4.45. The highest BCUT2D eigenvalue weighted by Gasteiger charge is 2.52. The summed E-state index contributed by atoms with van der Waals surface area (Å²) in [6.45, 7) is 1.83. The van der Waals surface area contributed by atoms with Crippen LogP contribution in [0.5, 0.6) is 0 Å². The molecule has 0 radical (unpaired) electrons. The minimum atomic E-state index is -1.12. The van der Waals surface area contributed by atoms with E-state index >= 15 is 0 Å². The van der Waals surface area contributed by atoms with Crippen molar-refractivity contribution in [3.8, 4) is 0 Å². The van der Waals surface area contributed by atoms with Gasteiger partial charge in [-0.05, 0) is 25.5 Å². The smallest absolute Gasteiger partial charge is 0.256 e. The van der Waals surface area contributed by atoms with Gasteiger partial charge in [0.2, 0.25) is 5.78 Å². The van der Waals surface area contributed by atoms with E-state index in [4.69, 9.17) is 9.47 Å². The maximum atomic E-state index is 11.9. The molecule has 0 unspecified atom stereocenters. The highest BCUT2D eigenvalue weighted by atomic mass is 32.2. The molecule has 0 spiro atoms. The number of Topliss-reactive ketones (excluding diaryl/α,β-unsaturated/α-hetero) is 1. The lowest BCUT2D eigenvalue weighted by Crippen LogP contribution is -2.53. The normalized spacial score (nSPS) is 17.5. The van der Waals surface area contributed by atoms with Gasteiger partial charge < -0.3 is 9.47 Å². The molecule has 4 heteroatoms. The molecule has 2 rings (SSSR count). The minimum absolute atomic E-state index is 0.0581. The molecule has 102 valence electrons. The average molecular weight is 278 g/mol. The highest BCUT2D eigenvalue weighted by molar-refractivity contribution is 7.99. The summed E-state index contributed by atoms with van der Waals surface area (Å²) in [6.07, 6.45) is 0.790. The van der Waals surface area contributed by atoms with E-state index in [0.29, 0.717) is 0 Å². The summed E-state index contributed by atoms with van der Waals surface area (Å²) < 4.78 is 10.6. The topological polar surface area (TPSA) is 35.5 Å². The van der Waals surface area contributed by atoms with Crippen molar-refractivity contribution >= 4 is 17.5 Å². The van der Waals surface area contributed by atoms with Gasteiger partial charge in [0.1, 0.15) is 0 Å². The number of thioether (sulfide) groups is 1. The molecule has 0 heterocycles. The first-order chi connectivity index (χ1) is 9.15. The van der Waals surface area contributed by atoms with E-state index in [1.54, 1.807) is 11.8 Å². The van der Waals surface area contributed by atoms with Gasteiger partial charge in [-0.2, -0.15) is 0 Å². The van der Waals surface area contributed by atoms with E-state index in [-0.39, 0.29) is 5.78 Å². The third-order valence-corrected chi connectivity index (χ3v) is 4.44. The third kappa shape index (κ3) is 2.48. The summed E-state index contributed by atoms with van der Waals surface area (Å²) in [7, 11) is 3.02.